The zero-order chi connectivity index (χ0) is 13.2. The van der Waals surface area contributed by atoms with Gasteiger partial charge in [-0.25, -0.2) is 0 Å². The van der Waals surface area contributed by atoms with Gasteiger partial charge in [-0.05, 0) is 12.8 Å². The SMILES string of the molecule is Cn1cc(C2CCCN2C(=O)Cc2ccon2)cn1. The van der Waals surface area contributed by atoms with Crippen LogP contribution in [0.4, 0.5) is 0 Å². The summed E-state index contributed by atoms with van der Waals surface area (Å²) in [6, 6.07) is 1.88. The van der Waals surface area contributed by atoms with Crippen LogP contribution in [0.2, 0.25) is 0 Å². The minimum Gasteiger partial charge on any atom is -0.364 e. The molecule has 1 aliphatic heterocycles. The summed E-state index contributed by atoms with van der Waals surface area (Å²) in [4.78, 5) is 14.2. The van der Waals surface area contributed by atoms with Crippen molar-refractivity contribution in [3.63, 3.8) is 0 Å². The summed E-state index contributed by atoms with van der Waals surface area (Å²) in [6.45, 7) is 0.802. The van der Waals surface area contributed by atoms with E-state index in [4.69, 9.17) is 4.52 Å². The number of aromatic nitrogens is 3. The van der Waals surface area contributed by atoms with Gasteiger partial charge in [0.2, 0.25) is 5.91 Å². The molecule has 19 heavy (non-hydrogen) atoms. The number of amides is 1. The third kappa shape index (κ3) is 2.38. The Morgan fingerprint density at radius 3 is 3.16 bits per heavy atom. The number of hydrogen-bond donors (Lipinski definition) is 0. The molecule has 0 bridgehead atoms. The first-order valence-electron chi connectivity index (χ1n) is 6.41. The molecule has 3 rings (SSSR count). The van der Waals surface area contributed by atoms with Gasteiger partial charge >= 0.3 is 0 Å². The van der Waals surface area contributed by atoms with E-state index in [1.165, 1.54) is 6.26 Å². The van der Waals surface area contributed by atoms with Crippen LogP contribution in [0, 0.1) is 0 Å². The fourth-order valence-corrected chi connectivity index (χ4v) is 2.61. The maximum absolute atomic E-state index is 12.3. The summed E-state index contributed by atoms with van der Waals surface area (Å²) in [5.41, 5.74) is 1.79. The van der Waals surface area contributed by atoms with E-state index in [0.717, 1.165) is 24.9 Å². The Labute approximate surface area is 111 Å². The number of rotatable bonds is 3. The zero-order valence-corrected chi connectivity index (χ0v) is 10.8. The van der Waals surface area contributed by atoms with Gasteiger partial charge in [0.1, 0.15) is 6.26 Å². The number of aryl methyl sites for hydroxylation is 1. The van der Waals surface area contributed by atoms with E-state index in [-0.39, 0.29) is 11.9 Å². The molecule has 0 radical (unpaired) electrons. The van der Waals surface area contributed by atoms with Crippen LogP contribution >= 0.6 is 0 Å². The molecule has 6 nitrogen and oxygen atoms in total. The minimum atomic E-state index is 0.0975. The number of carbonyl (C=O) groups is 1. The summed E-state index contributed by atoms with van der Waals surface area (Å²) in [5.74, 6) is 0.0975. The Kier molecular flexibility index (Phi) is 3.06. The van der Waals surface area contributed by atoms with Crippen molar-refractivity contribution >= 4 is 5.91 Å². The normalized spacial score (nSPS) is 19.0. The molecular formula is C13H16N4O2. The summed E-state index contributed by atoms with van der Waals surface area (Å²) >= 11 is 0. The smallest absolute Gasteiger partial charge is 0.229 e. The maximum atomic E-state index is 12.3. The molecule has 1 saturated heterocycles. The first kappa shape index (κ1) is 12.0. The van der Waals surface area contributed by atoms with Gasteiger partial charge < -0.3 is 9.42 Å². The Hall–Kier alpha value is -2.11. The first-order valence-corrected chi connectivity index (χ1v) is 6.41. The number of carbonyl (C=O) groups excluding carboxylic acids is 1. The second-order valence-corrected chi connectivity index (χ2v) is 4.86. The van der Waals surface area contributed by atoms with Gasteiger partial charge in [-0.2, -0.15) is 5.10 Å². The van der Waals surface area contributed by atoms with Crippen LogP contribution in [0.15, 0.2) is 29.2 Å². The van der Waals surface area contributed by atoms with Crippen molar-refractivity contribution in [3.05, 3.63) is 36.0 Å². The van der Waals surface area contributed by atoms with Crippen molar-refractivity contribution < 1.29 is 9.32 Å². The van der Waals surface area contributed by atoms with Gasteiger partial charge in [-0.3, -0.25) is 9.48 Å². The van der Waals surface area contributed by atoms with E-state index in [9.17, 15) is 4.79 Å². The van der Waals surface area contributed by atoms with Crippen molar-refractivity contribution in [3.8, 4) is 0 Å². The molecule has 100 valence electrons. The van der Waals surface area contributed by atoms with Crippen LogP contribution < -0.4 is 0 Å². The monoisotopic (exact) mass is 260 g/mol. The first-order chi connectivity index (χ1) is 9.24. The largest absolute Gasteiger partial charge is 0.364 e. The lowest BCUT2D eigenvalue weighted by Gasteiger charge is -2.23. The quantitative estimate of drug-likeness (QED) is 0.834. The molecule has 0 N–H and O–H groups in total. The predicted octanol–water partition coefficient (Wildman–Crippen LogP) is 1.31. The second-order valence-electron chi connectivity index (χ2n) is 4.86. The third-order valence-corrected chi connectivity index (χ3v) is 3.51. The van der Waals surface area contributed by atoms with Crippen molar-refractivity contribution in [1.29, 1.82) is 0 Å². The van der Waals surface area contributed by atoms with E-state index in [0.29, 0.717) is 12.1 Å². The molecule has 1 atom stereocenters. The Morgan fingerprint density at radius 1 is 1.58 bits per heavy atom. The highest BCUT2D eigenvalue weighted by atomic mass is 16.5. The molecule has 0 aromatic carbocycles. The van der Waals surface area contributed by atoms with Crippen molar-refractivity contribution in [2.24, 2.45) is 7.05 Å². The highest BCUT2D eigenvalue weighted by Crippen LogP contribution is 2.31. The second kappa shape index (κ2) is 4.87. The van der Waals surface area contributed by atoms with Crippen LogP contribution in [0.25, 0.3) is 0 Å². The minimum absolute atomic E-state index is 0.0975. The molecule has 2 aromatic heterocycles. The molecule has 1 unspecified atom stereocenters. The zero-order valence-electron chi connectivity index (χ0n) is 10.8. The standard InChI is InChI=1S/C13H16N4O2/c1-16-9-10(8-14-16)12-3-2-5-17(12)13(18)7-11-4-6-19-15-11/h4,6,8-9,12H,2-3,5,7H2,1H3. The third-order valence-electron chi connectivity index (χ3n) is 3.51. The van der Waals surface area contributed by atoms with E-state index < -0.39 is 0 Å². The molecular weight excluding hydrogens is 244 g/mol. The summed E-state index contributed by atoms with van der Waals surface area (Å²) in [7, 11) is 1.89. The molecule has 0 aliphatic carbocycles. The van der Waals surface area contributed by atoms with Crippen LogP contribution in [-0.4, -0.2) is 32.3 Å². The highest BCUT2D eigenvalue weighted by Gasteiger charge is 2.30. The molecule has 0 saturated carbocycles. The number of likely N-dealkylation sites (tertiary alicyclic amines) is 1. The average molecular weight is 260 g/mol. The van der Waals surface area contributed by atoms with Gasteiger partial charge in [0, 0.05) is 31.4 Å². The van der Waals surface area contributed by atoms with Crippen molar-refractivity contribution in [2.75, 3.05) is 6.54 Å². The molecule has 0 spiro atoms. The molecule has 1 fully saturated rings. The Morgan fingerprint density at radius 2 is 2.47 bits per heavy atom. The van der Waals surface area contributed by atoms with Gasteiger partial charge in [-0.1, -0.05) is 5.16 Å². The van der Waals surface area contributed by atoms with Gasteiger partial charge in [-0.15, -0.1) is 0 Å². The summed E-state index contributed by atoms with van der Waals surface area (Å²) < 4.78 is 6.53. The van der Waals surface area contributed by atoms with E-state index >= 15 is 0 Å². The van der Waals surface area contributed by atoms with Crippen LogP contribution in [0.1, 0.15) is 30.1 Å². The fourth-order valence-electron chi connectivity index (χ4n) is 2.61. The van der Waals surface area contributed by atoms with Crippen LogP contribution in [-0.2, 0) is 18.3 Å². The predicted molar refractivity (Wildman–Crippen MR) is 67.1 cm³/mol. The molecule has 1 aliphatic rings. The van der Waals surface area contributed by atoms with Crippen LogP contribution in [0.3, 0.4) is 0 Å². The fraction of sp³-hybridized carbons (Fsp3) is 0.462. The van der Waals surface area contributed by atoms with Gasteiger partial charge in [0.25, 0.3) is 0 Å². The lowest BCUT2D eigenvalue weighted by atomic mass is 10.1. The van der Waals surface area contributed by atoms with Crippen molar-refractivity contribution in [1.82, 2.24) is 19.8 Å². The lowest BCUT2D eigenvalue weighted by molar-refractivity contribution is -0.131. The number of nitrogens with zero attached hydrogens (tertiary/aromatic N) is 4. The summed E-state index contributed by atoms with van der Waals surface area (Å²) in [6.07, 6.45) is 7.64. The molecule has 3 heterocycles. The molecule has 1 amide bonds. The van der Waals surface area contributed by atoms with E-state index in [1.54, 1.807) is 10.7 Å². The topological polar surface area (TPSA) is 64.2 Å². The molecule has 6 heteroatoms. The number of hydrogen-bond acceptors (Lipinski definition) is 4. The van der Waals surface area contributed by atoms with Crippen LogP contribution in [0.5, 0.6) is 0 Å². The summed E-state index contributed by atoms with van der Waals surface area (Å²) in [5, 5.41) is 7.97. The van der Waals surface area contributed by atoms with E-state index in [1.807, 2.05) is 24.3 Å². The Bertz CT molecular complexity index is 561. The van der Waals surface area contributed by atoms with Crippen molar-refractivity contribution in [2.45, 2.75) is 25.3 Å². The molecule has 2 aromatic rings. The van der Waals surface area contributed by atoms with E-state index in [2.05, 4.69) is 10.3 Å². The Balaban J connectivity index is 1.74. The average Bonchev–Trinajstić information content (AvgIpc) is 3.07. The van der Waals surface area contributed by atoms with Gasteiger partial charge in [0.15, 0.2) is 0 Å². The van der Waals surface area contributed by atoms with Gasteiger partial charge in [0.05, 0.1) is 24.4 Å². The highest BCUT2D eigenvalue weighted by molar-refractivity contribution is 5.79. The lowest BCUT2D eigenvalue weighted by Crippen LogP contribution is -2.31. The maximum Gasteiger partial charge on any atom is 0.229 e.